The molecule has 0 aromatic heterocycles. The second kappa shape index (κ2) is 10.4. The monoisotopic (exact) mass is 337 g/mol. The summed E-state index contributed by atoms with van der Waals surface area (Å²) in [6.45, 7) is 0.489. The van der Waals surface area contributed by atoms with Gasteiger partial charge in [0.05, 0.1) is 6.17 Å². The minimum Gasteiger partial charge on any atom is -0.508 e. The van der Waals surface area contributed by atoms with Crippen molar-refractivity contribution in [3.63, 3.8) is 0 Å². The first-order valence-electron chi connectivity index (χ1n) is 7.75. The molecule has 9 heteroatoms. The van der Waals surface area contributed by atoms with Gasteiger partial charge >= 0.3 is 0 Å². The van der Waals surface area contributed by atoms with Crippen molar-refractivity contribution >= 4 is 11.9 Å². The largest absolute Gasteiger partial charge is 0.508 e. The first-order chi connectivity index (χ1) is 11.4. The summed E-state index contributed by atoms with van der Waals surface area (Å²) in [7, 11) is 0. The highest BCUT2D eigenvalue weighted by Crippen LogP contribution is 2.10. The molecule has 0 aliphatic rings. The number of nitrogens with one attached hydrogen (secondary N) is 2. The summed E-state index contributed by atoms with van der Waals surface area (Å²) >= 11 is 0. The van der Waals surface area contributed by atoms with E-state index in [-0.39, 0.29) is 30.1 Å². The molecule has 0 heterocycles. The predicted octanol–water partition coefficient (Wildman–Crippen LogP) is -1.39. The number of carbonyl (C=O) groups excluding carboxylic acids is 1. The van der Waals surface area contributed by atoms with E-state index in [9.17, 15) is 9.90 Å². The van der Waals surface area contributed by atoms with Gasteiger partial charge in [-0.3, -0.25) is 21.1 Å². The van der Waals surface area contributed by atoms with E-state index in [0.29, 0.717) is 25.8 Å². The maximum Gasteiger partial charge on any atom is 0.222 e. The molecule has 0 spiro atoms. The number of hydrogen-bond donors (Lipinski definition) is 7. The smallest absolute Gasteiger partial charge is 0.222 e. The molecular formula is C15H27N7O2. The third kappa shape index (κ3) is 8.32. The van der Waals surface area contributed by atoms with Crippen LogP contribution in [0.3, 0.4) is 0 Å². The molecule has 0 saturated heterocycles. The highest BCUT2D eigenvalue weighted by atomic mass is 16.3. The van der Waals surface area contributed by atoms with E-state index in [1.54, 1.807) is 24.3 Å². The molecule has 0 unspecified atom stereocenters. The van der Waals surface area contributed by atoms with Crippen molar-refractivity contribution in [1.82, 2.24) is 10.7 Å². The first kappa shape index (κ1) is 19.7. The number of hydrazine groups is 1. The number of phenols is 1. The minimum atomic E-state index is -0.512. The van der Waals surface area contributed by atoms with Gasteiger partial charge < -0.3 is 27.6 Å². The Morgan fingerprint density at radius 1 is 1.25 bits per heavy atom. The van der Waals surface area contributed by atoms with Crippen LogP contribution in [0.4, 0.5) is 0 Å². The van der Waals surface area contributed by atoms with Crippen molar-refractivity contribution in [1.29, 1.82) is 0 Å². The molecule has 1 amide bonds. The topological polar surface area (TPSA) is 178 Å². The van der Waals surface area contributed by atoms with Crippen molar-refractivity contribution in [3.8, 4) is 5.75 Å². The highest BCUT2D eigenvalue weighted by Gasteiger charge is 2.14. The van der Waals surface area contributed by atoms with Crippen LogP contribution in [-0.2, 0) is 11.2 Å². The zero-order valence-electron chi connectivity index (χ0n) is 13.6. The molecule has 1 aromatic rings. The number of aromatic hydroxyl groups is 1. The maximum atomic E-state index is 12.0. The Morgan fingerprint density at radius 2 is 1.92 bits per heavy atom. The van der Waals surface area contributed by atoms with Crippen LogP contribution in [-0.4, -0.2) is 35.7 Å². The zero-order valence-corrected chi connectivity index (χ0v) is 13.6. The Kier molecular flexibility index (Phi) is 8.55. The number of nitrogens with two attached hydrogens (primary N) is 4. The van der Waals surface area contributed by atoms with Crippen LogP contribution in [0.2, 0.25) is 0 Å². The van der Waals surface area contributed by atoms with E-state index in [2.05, 4.69) is 15.7 Å². The molecule has 0 aliphatic carbocycles. The molecule has 134 valence electrons. The highest BCUT2D eigenvalue weighted by molar-refractivity contribution is 5.77. The molecule has 24 heavy (non-hydrogen) atoms. The van der Waals surface area contributed by atoms with Gasteiger partial charge in [-0.1, -0.05) is 12.1 Å². The molecule has 9 nitrogen and oxygen atoms in total. The molecule has 0 aliphatic heterocycles. The molecule has 0 fully saturated rings. The lowest BCUT2D eigenvalue weighted by Gasteiger charge is -2.18. The van der Waals surface area contributed by atoms with E-state index >= 15 is 0 Å². The predicted molar refractivity (Wildman–Crippen MR) is 93.6 cm³/mol. The lowest BCUT2D eigenvalue weighted by Crippen LogP contribution is -2.46. The van der Waals surface area contributed by atoms with Gasteiger partial charge in [-0.05, 0) is 30.5 Å². The number of hydrogen-bond acceptors (Lipinski definition) is 6. The van der Waals surface area contributed by atoms with Crippen LogP contribution in [0, 0.1) is 0 Å². The van der Waals surface area contributed by atoms with Crippen molar-refractivity contribution < 1.29 is 9.90 Å². The number of carbonyl (C=O) groups is 1. The second-order valence-electron chi connectivity index (χ2n) is 5.56. The Hall–Kier alpha value is -2.36. The Labute approximate surface area is 141 Å². The maximum absolute atomic E-state index is 12.0. The fourth-order valence-corrected chi connectivity index (χ4v) is 2.22. The van der Waals surface area contributed by atoms with Crippen LogP contribution in [0.5, 0.6) is 5.75 Å². The summed E-state index contributed by atoms with van der Waals surface area (Å²) in [5, 5.41) is 12.0. The number of benzene rings is 1. The standard InChI is InChI=1S/C15H27N7O2/c16-13(8-10-3-5-12(23)6-4-10)21-14(24)9-11(22-19)2-1-7-20-15(17)18/h3-6,11,13,22-23H,1-2,7-9,16,19H2,(H,21,24)(H4,17,18,20)/t11-,13-/m0/s1. The molecule has 0 saturated carbocycles. The molecule has 0 radical (unpaired) electrons. The summed E-state index contributed by atoms with van der Waals surface area (Å²) in [5.41, 5.74) is 19.9. The first-order valence-corrected chi connectivity index (χ1v) is 7.75. The number of guanidine groups is 1. The van der Waals surface area contributed by atoms with Crippen LogP contribution in [0.25, 0.3) is 0 Å². The number of nitrogens with zero attached hydrogens (tertiary/aromatic N) is 1. The minimum absolute atomic E-state index is 0.0465. The molecule has 1 rings (SSSR count). The fourth-order valence-electron chi connectivity index (χ4n) is 2.22. The average molecular weight is 337 g/mol. The van der Waals surface area contributed by atoms with Gasteiger partial charge in [0.25, 0.3) is 0 Å². The van der Waals surface area contributed by atoms with Crippen molar-refractivity contribution in [2.75, 3.05) is 6.54 Å². The molecule has 1 aromatic carbocycles. The van der Waals surface area contributed by atoms with Crippen LogP contribution < -0.4 is 33.8 Å². The van der Waals surface area contributed by atoms with Gasteiger partial charge in [-0.15, -0.1) is 0 Å². The SMILES string of the molecule is NN[C@@H](CCCN=C(N)N)CC(=O)N[C@H](N)Cc1ccc(O)cc1. The second-order valence-corrected chi connectivity index (χ2v) is 5.56. The summed E-state index contributed by atoms with van der Waals surface area (Å²) in [5.74, 6) is 5.51. The molecule has 0 bridgehead atoms. The number of rotatable bonds is 10. The van der Waals surface area contributed by atoms with Gasteiger partial charge in [0.15, 0.2) is 5.96 Å². The van der Waals surface area contributed by atoms with Gasteiger partial charge in [0.1, 0.15) is 5.75 Å². The van der Waals surface area contributed by atoms with Crippen LogP contribution >= 0.6 is 0 Å². The third-order valence-corrected chi connectivity index (χ3v) is 3.41. The van der Waals surface area contributed by atoms with E-state index in [0.717, 1.165) is 5.56 Å². The number of amides is 1. The Balaban J connectivity index is 2.34. The summed E-state index contributed by atoms with van der Waals surface area (Å²) in [6.07, 6.45) is 1.54. The number of aliphatic imine (C=N–C) groups is 1. The van der Waals surface area contributed by atoms with E-state index in [4.69, 9.17) is 23.0 Å². The quantitative estimate of drug-likeness (QED) is 0.0686. The average Bonchev–Trinajstić information content (AvgIpc) is 2.52. The van der Waals surface area contributed by atoms with Gasteiger partial charge in [-0.25, -0.2) is 0 Å². The number of phenolic OH excluding ortho intramolecular Hbond substituents is 1. The fraction of sp³-hybridized carbons (Fsp3) is 0.467. The summed E-state index contributed by atoms with van der Waals surface area (Å²) in [6, 6.07) is 6.49. The Bertz CT molecular complexity index is 529. The third-order valence-electron chi connectivity index (χ3n) is 3.41. The van der Waals surface area contributed by atoms with Gasteiger partial charge in [0, 0.05) is 25.4 Å². The normalized spacial score (nSPS) is 13.1. The van der Waals surface area contributed by atoms with Gasteiger partial charge in [0.2, 0.25) is 5.91 Å². The van der Waals surface area contributed by atoms with Crippen LogP contribution in [0.1, 0.15) is 24.8 Å². The Morgan fingerprint density at radius 3 is 2.50 bits per heavy atom. The lowest BCUT2D eigenvalue weighted by molar-refractivity contribution is -0.122. The summed E-state index contributed by atoms with van der Waals surface area (Å²) < 4.78 is 0. The molecule has 2 atom stereocenters. The van der Waals surface area contributed by atoms with E-state index < -0.39 is 6.17 Å². The zero-order chi connectivity index (χ0) is 17.9. The van der Waals surface area contributed by atoms with Gasteiger partial charge in [-0.2, -0.15) is 0 Å². The van der Waals surface area contributed by atoms with E-state index in [1.165, 1.54) is 0 Å². The van der Waals surface area contributed by atoms with Crippen molar-refractivity contribution in [3.05, 3.63) is 29.8 Å². The van der Waals surface area contributed by atoms with Crippen LogP contribution in [0.15, 0.2) is 29.3 Å². The summed E-state index contributed by atoms with van der Waals surface area (Å²) in [4.78, 5) is 15.9. The van der Waals surface area contributed by atoms with Crippen molar-refractivity contribution in [2.24, 2.45) is 28.0 Å². The molecular weight excluding hydrogens is 310 g/mol. The lowest BCUT2D eigenvalue weighted by atomic mass is 10.1. The van der Waals surface area contributed by atoms with Crippen molar-refractivity contribution in [2.45, 2.75) is 37.9 Å². The molecule has 11 N–H and O–H groups in total. The van der Waals surface area contributed by atoms with E-state index in [1.807, 2.05) is 0 Å².